The molecule has 0 fully saturated rings. The van der Waals surface area contributed by atoms with Gasteiger partial charge in [0.05, 0.1) is 11.4 Å². The van der Waals surface area contributed by atoms with Crippen molar-refractivity contribution < 1.29 is 0 Å². The van der Waals surface area contributed by atoms with Gasteiger partial charge in [-0.3, -0.25) is 5.01 Å². The zero-order valence-corrected chi connectivity index (χ0v) is 21.3. The van der Waals surface area contributed by atoms with Crippen LogP contribution < -0.4 is 11.2 Å². The smallest absolute Gasteiger partial charge is 0.140 e. The standard InChI is InChI=1S/C29H39N5/c1-10-28(32-24(9)34(30)23(8)18(2)3)22(7)31-16-25-11-12-26-13-14-33(17-27(26)15-25)29-20(5)19(4)21(29)6/h11-12,15,20,31H,2,4,7-10,13-14,16-17,30H2,1,3,5-6H3/b32-28+. The monoisotopic (exact) mass is 457 g/mol. The third-order valence-corrected chi connectivity index (χ3v) is 6.94. The van der Waals surface area contributed by atoms with Crippen molar-refractivity contribution in [3.63, 3.8) is 0 Å². The van der Waals surface area contributed by atoms with E-state index in [-0.39, 0.29) is 0 Å². The van der Waals surface area contributed by atoms with Crippen LogP contribution in [0.1, 0.15) is 50.8 Å². The van der Waals surface area contributed by atoms with Gasteiger partial charge < -0.3 is 10.2 Å². The summed E-state index contributed by atoms with van der Waals surface area (Å²) in [7, 11) is 0. The summed E-state index contributed by atoms with van der Waals surface area (Å²) in [4.78, 5) is 7.11. The highest BCUT2D eigenvalue weighted by Crippen LogP contribution is 2.42. The molecule has 5 heteroatoms. The predicted molar refractivity (Wildman–Crippen MR) is 144 cm³/mol. The highest BCUT2D eigenvalue weighted by molar-refractivity contribution is 5.99. The molecule has 0 saturated carbocycles. The number of rotatable bonds is 10. The zero-order valence-electron chi connectivity index (χ0n) is 21.3. The molecule has 0 spiro atoms. The Morgan fingerprint density at radius 1 is 1.24 bits per heavy atom. The third-order valence-electron chi connectivity index (χ3n) is 6.94. The Labute approximate surface area is 205 Å². The molecule has 1 aliphatic heterocycles. The van der Waals surface area contributed by atoms with E-state index in [1.54, 1.807) is 0 Å². The van der Waals surface area contributed by atoms with Crippen molar-refractivity contribution in [2.45, 2.75) is 53.6 Å². The van der Waals surface area contributed by atoms with Gasteiger partial charge in [-0.05, 0) is 60.1 Å². The van der Waals surface area contributed by atoms with Crippen LogP contribution in [-0.4, -0.2) is 22.2 Å². The number of nitrogens with zero attached hydrogens (tertiary/aromatic N) is 3. The normalized spacial score (nSPS) is 17.7. The maximum Gasteiger partial charge on any atom is 0.140 e. The van der Waals surface area contributed by atoms with E-state index < -0.39 is 0 Å². The summed E-state index contributed by atoms with van der Waals surface area (Å²) in [5.74, 6) is 6.94. The van der Waals surface area contributed by atoms with E-state index in [1.165, 1.54) is 38.5 Å². The van der Waals surface area contributed by atoms with Gasteiger partial charge in [-0.1, -0.05) is 64.9 Å². The van der Waals surface area contributed by atoms with Crippen LogP contribution in [0.3, 0.4) is 0 Å². The van der Waals surface area contributed by atoms with Crippen molar-refractivity contribution >= 4 is 5.71 Å². The largest absolute Gasteiger partial charge is 0.380 e. The van der Waals surface area contributed by atoms with Crippen LogP contribution in [0.2, 0.25) is 0 Å². The van der Waals surface area contributed by atoms with Crippen molar-refractivity contribution in [2.75, 3.05) is 6.54 Å². The average molecular weight is 458 g/mol. The van der Waals surface area contributed by atoms with Crippen molar-refractivity contribution in [3.8, 4) is 0 Å². The lowest BCUT2D eigenvalue weighted by molar-refractivity contribution is 0.280. The molecule has 0 saturated heterocycles. The van der Waals surface area contributed by atoms with Gasteiger partial charge in [0.15, 0.2) is 0 Å². The number of aliphatic imine (C=N–C) groups is 1. The van der Waals surface area contributed by atoms with Crippen LogP contribution in [0, 0.1) is 5.92 Å². The van der Waals surface area contributed by atoms with Gasteiger partial charge in [-0.2, -0.15) is 0 Å². The zero-order chi connectivity index (χ0) is 25.2. The first kappa shape index (κ1) is 25.3. The minimum absolute atomic E-state index is 0.402. The number of allylic oxidation sites excluding steroid dienone is 4. The molecule has 1 heterocycles. The Bertz CT molecular complexity index is 1120. The van der Waals surface area contributed by atoms with Gasteiger partial charge in [-0.15, -0.1) is 0 Å². The lowest BCUT2D eigenvalue weighted by Crippen LogP contribution is -2.37. The second-order valence-corrected chi connectivity index (χ2v) is 9.29. The van der Waals surface area contributed by atoms with Crippen molar-refractivity contribution in [1.82, 2.24) is 15.2 Å². The SMILES string of the molecule is C=C(C)C(=C)N(N)C(=C)/N=C(\CC)C(=C)NCc1ccc2c(c1)CN(C1=C(C)C(=C)C1C)CC2. The minimum Gasteiger partial charge on any atom is -0.380 e. The molecule has 5 nitrogen and oxygen atoms in total. The summed E-state index contributed by atoms with van der Waals surface area (Å²) in [6.45, 7) is 31.2. The summed E-state index contributed by atoms with van der Waals surface area (Å²) >= 11 is 0. The molecule has 1 aromatic carbocycles. The summed E-state index contributed by atoms with van der Waals surface area (Å²) in [6, 6.07) is 6.78. The summed E-state index contributed by atoms with van der Waals surface area (Å²) in [5.41, 5.74) is 11.1. The molecule has 0 amide bonds. The van der Waals surface area contributed by atoms with E-state index in [9.17, 15) is 0 Å². The van der Waals surface area contributed by atoms with E-state index in [2.05, 4.69) is 80.2 Å². The second-order valence-electron chi connectivity index (χ2n) is 9.29. The lowest BCUT2D eigenvalue weighted by atomic mass is 9.78. The molecule has 0 aromatic heterocycles. The average Bonchev–Trinajstić information content (AvgIpc) is 2.84. The van der Waals surface area contributed by atoms with Gasteiger partial charge in [-0.25, -0.2) is 10.8 Å². The maximum atomic E-state index is 6.07. The van der Waals surface area contributed by atoms with Crippen molar-refractivity contribution in [2.24, 2.45) is 16.8 Å². The van der Waals surface area contributed by atoms with Gasteiger partial charge in [0, 0.05) is 36.9 Å². The van der Waals surface area contributed by atoms with Gasteiger partial charge in [0.25, 0.3) is 0 Å². The molecule has 0 bridgehead atoms. The number of nitrogens with two attached hydrogens (primary N) is 1. The first-order valence-corrected chi connectivity index (χ1v) is 11.9. The Hall–Kier alpha value is -3.31. The van der Waals surface area contributed by atoms with E-state index >= 15 is 0 Å². The van der Waals surface area contributed by atoms with Crippen LogP contribution in [0.5, 0.6) is 0 Å². The van der Waals surface area contributed by atoms with Gasteiger partial charge in [0.1, 0.15) is 5.82 Å². The quantitative estimate of drug-likeness (QED) is 0.204. The Balaban J connectivity index is 1.66. The predicted octanol–water partition coefficient (Wildman–Crippen LogP) is 5.72. The molecular formula is C29H39N5. The Morgan fingerprint density at radius 2 is 1.94 bits per heavy atom. The number of hydrazine groups is 1. The molecule has 1 aliphatic carbocycles. The second kappa shape index (κ2) is 10.3. The fraction of sp³-hybridized carbons (Fsp3) is 0.345. The maximum absolute atomic E-state index is 6.07. The molecule has 1 aromatic rings. The van der Waals surface area contributed by atoms with Crippen LogP contribution in [0.4, 0.5) is 0 Å². The molecule has 3 rings (SSSR count). The summed E-state index contributed by atoms with van der Waals surface area (Å²) in [6.07, 6.45) is 1.78. The van der Waals surface area contributed by atoms with Gasteiger partial charge in [0.2, 0.25) is 0 Å². The Kier molecular flexibility index (Phi) is 7.68. The summed E-state index contributed by atoms with van der Waals surface area (Å²) in [5, 5.41) is 4.79. The van der Waals surface area contributed by atoms with E-state index in [0.29, 0.717) is 30.4 Å². The van der Waals surface area contributed by atoms with E-state index in [4.69, 9.17) is 5.84 Å². The molecule has 0 radical (unpaired) electrons. The van der Waals surface area contributed by atoms with Crippen LogP contribution in [0.25, 0.3) is 0 Å². The molecule has 1 atom stereocenters. The summed E-state index contributed by atoms with van der Waals surface area (Å²) < 4.78 is 0. The van der Waals surface area contributed by atoms with Crippen LogP contribution in [0.15, 0.2) is 95.7 Å². The van der Waals surface area contributed by atoms with E-state index in [1.807, 2.05) is 13.8 Å². The molecule has 1 unspecified atom stereocenters. The number of hydrogen-bond donors (Lipinski definition) is 2. The molecule has 180 valence electrons. The topological polar surface area (TPSA) is 56.9 Å². The number of nitrogens with one attached hydrogen (secondary N) is 1. The highest BCUT2D eigenvalue weighted by Gasteiger charge is 2.32. The molecular weight excluding hydrogens is 418 g/mol. The lowest BCUT2D eigenvalue weighted by Gasteiger charge is -2.43. The number of hydrogen-bond acceptors (Lipinski definition) is 5. The van der Waals surface area contributed by atoms with Crippen LogP contribution >= 0.6 is 0 Å². The fourth-order valence-corrected chi connectivity index (χ4v) is 4.58. The molecule has 2 aliphatic rings. The van der Waals surface area contributed by atoms with Crippen LogP contribution in [-0.2, 0) is 19.5 Å². The van der Waals surface area contributed by atoms with Gasteiger partial charge >= 0.3 is 0 Å². The van der Waals surface area contributed by atoms with E-state index in [0.717, 1.165) is 36.5 Å². The highest BCUT2D eigenvalue weighted by atomic mass is 15.4. The molecule has 34 heavy (non-hydrogen) atoms. The number of benzene rings is 1. The Morgan fingerprint density at radius 3 is 2.56 bits per heavy atom. The minimum atomic E-state index is 0.402. The first-order valence-electron chi connectivity index (χ1n) is 11.9. The molecule has 3 N–H and O–H groups in total. The fourth-order valence-electron chi connectivity index (χ4n) is 4.58. The first-order chi connectivity index (χ1) is 16.0. The van der Waals surface area contributed by atoms with Crippen molar-refractivity contribution in [1.29, 1.82) is 0 Å². The van der Waals surface area contributed by atoms with Crippen molar-refractivity contribution in [3.05, 3.63) is 107 Å². The number of fused-ring (bicyclic) bond motifs is 1. The third kappa shape index (κ3) is 5.10.